The molecule has 2 N–H and O–H groups in total. The van der Waals surface area contributed by atoms with E-state index in [9.17, 15) is 4.79 Å². The summed E-state index contributed by atoms with van der Waals surface area (Å²) in [6, 6.07) is 7.16. The zero-order valence-corrected chi connectivity index (χ0v) is 12.0. The van der Waals surface area contributed by atoms with Crippen molar-refractivity contribution in [1.29, 1.82) is 0 Å². The summed E-state index contributed by atoms with van der Waals surface area (Å²) in [5.74, 6) is -0.357. The van der Waals surface area contributed by atoms with Crippen molar-refractivity contribution in [2.45, 2.75) is 19.9 Å². The molecule has 0 aliphatic heterocycles. The predicted molar refractivity (Wildman–Crippen MR) is 79.4 cm³/mol. The minimum atomic E-state index is -0.357. The average molecular weight is 279 g/mol. The SMILES string of the molecule is COC(=O)c1ccc(/C=N/NC(=S)NC(C)C)cc1. The lowest BCUT2D eigenvalue weighted by molar-refractivity contribution is 0.0601. The van der Waals surface area contributed by atoms with Crippen molar-refractivity contribution >= 4 is 29.5 Å². The third-order valence-corrected chi connectivity index (χ3v) is 2.34. The number of rotatable bonds is 4. The summed E-state index contributed by atoms with van der Waals surface area (Å²) in [7, 11) is 1.35. The number of ether oxygens (including phenoxy) is 1. The van der Waals surface area contributed by atoms with Crippen LogP contribution in [0.25, 0.3) is 0 Å². The van der Waals surface area contributed by atoms with E-state index in [2.05, 4.69) is 20.6 Å². The first-order valence-corrected chi connectivity index (χ1v) is 6.21. The number of methoxy groups -OCH3 is 1. The van der Waals surface area contributed by atoms with Crippen molar-refractivity contribution in [2.75, 3.05) is 7.11 Å². The monoisotopic (exact) mass is 279 g/mol. The maximum absolute atomic E-state index is 11.2. The van der Waals surface area contributed by atoms with Crippen molar-refractivity contribution < 1.29 is 9.53 Å². The Morgan fingerprint density at radius 3 is 2.53 bits per heavy atom. The second kappa shape index (κ2) is 7.48. The molecule has 0 atom stereocenters. The topological polar surface area (TPSA) is 62.7 Å². The summed E-state index contributed by atoms with van der Waals surface area (Å²) in [6.07, 6.45) is 1.62. The Hall–Kier alpha value is -1.95. The van der Waals surface area contributed by atoms with Crippen LogP contribution in [-0.2, 0) is 4.74 Å². The van der Waals surface area contributed by atoms with Gasteiger partial charge in [-0.05, 0) is 43.8 Å². The molecule has 0 aliphatic carbocycles. The predicted octanol–water partition coefficient (Wildman–Crippen LogP) is 1.68. The van der Waals surface area contributed by atoms with Gasteiger partial charge in [0, 0.05) is 6.04 Å². The molecule has 102 valence electrons. The molecular weight excluding hydrogens is 262 g/mol. The summed E-state index contributed by atoms with van der Waals surface area (Å²) in [5, 5.41) is 7.47. The number of nitrogens with zero attached hydrogens (tertiary/aromatic N) is 1. The maximum Gasteiger partial charge on any atom is 0.337 e. The normalized spacial score (nSPS) is 10.5. The number of carbonyl (C=O) groups is 1. The van der Waals surface area contributed by atoms with E-state index in [0.29, 0.717) is 10.7 Å². The van der Waals surface area contributed by atoms with Crippen LogP contribution in [-0.4, -0.2) is 30.4 Å². The van der Waals surface area contributed by atoms with E-state index in [1.807, 2.05) is 13.8 Å². The maximum atomic E-state index is 11.2. The summed E-state index contributed by atoms with van der Waals surface area (Å²) in [6.45, 7) is 3.98. The van der Waals surface area contributed by atoms with Crippen LogP contribution in [0.5, 0.6) is 0 Å². The van der Waals surface area contributed by atoms with E-state index >= 15 is 0 Å². The van der Waals surface area contributed by atoms with E-state index in [4.69, 9.17) is 12.2 Å². The second-order valence-corrected chi connectivity index (χ2v) is 4.52. The number of benzene rings is 1. The third kappa shape index (κ3) is 5.48. The number of thiocarbonyl (C=S) groups is 1. The number of hydrogen-bond donors (Lipinski definition) is 2. The minimum absolute atomic E-state index is 0.259. The molecule has 0 heterocycles. The Bertz CT molecular complexity index is 469. The fourth-order valence-electron chi connectivity index (χ4n) is 1.28. The van der Waals surface area contributed by atoms with Crippen LogP contribution in [0.2, 0.25) is 0 Å². The zero-order valence-electron chi connectivity index (χ0n) is 11.1. The third-order valence-electron chi connectivity index (χ3n) is 2.13. The van der Waals surface area contributed by atoms with Gasteiger partial charge in [-0.2, -0.15) is 5.10 Å². The molecule has 1 aromatic carbocycles. The molecule has 0 aromatic heterocycles. The average Bonchev–Trinajstić information content (AvgIpc) is 2.37. The van der Waals surface area contributed by atoms with Crippen LogP contribution < -0.4 is 10.7 Å². The highest BCUT2D eigenvalue weighted by atomic mass is 32.1. The van der Waals surface area contributed by atoms with E-state index in [-0.39, 0.29) is 12.0 Å². The molecule has 0 aliphatic rings. The van der Waals surface area contributed by atoms with Crippen LogP contribution in [0.15, 0.2) is 29.4 Å². The molecule has 0 radical (unpaired) electrons. The van der Waals surface area contributed by atoms with Crippen molar-refractivity contribution in [2.24, 2.45) is 5.10 Å². The van der Waals surface area contributed by atoms with Gasteiger partial charge in [0.25, 0.3) is 0 Å². The Labute approximate surface area is 118 Å². The van der Waals surface area contributed by atoms with Gasteiger partial charge in [0.1, 0.15) is 0 Å². The fraction of sp³-hybridized carbons (Fsp3) is 0.308. The number of carbonyl (C=O) groups excluding carboxylic acids is 1. The highest BCUT2D eigenvalue weighted by Gasteiger charge is 2.03. The molecule has 0 amide bonds. The molecule has 19 heavy (non-hydrogen) atoms. The van der Waals surface area contributed by atoms with Gasteiger partial charge >= 0.3 is 5.97 Å². The standard InChI is InChI=1S/C13H17N3O2S/c1-9(2)15-13(19)16-14-8-10-4-6-11(7-5-10)12(17)18-3/h4-9H,1-3H3,(H2,15,16,19)/b14-8+. The molecule has 1 rings (SSSR count). The van der Waals surface area contributed by atoms with E-state index in [1.54, 1.807) is 30.5 Å². The second-order valence-electron chi connectivity index (χ2n) is 4.11. The van der Waals surface area contributed by atoms with Crippen molar-refractivity contribution in [3.8, 4) is 0 Å². The van der Waals surface area contributed by atoms with Crippen molar-refractivity contribution in [3.63, 3.8) is 0 Å². The van der Waals surface area contributed by atoms with Crippen molar-refractivity contribution in [1.82, 2.24) is 10.7 Å². The van der Waals surface area contributed by atoms with Gasteiger partial charge in [-0.3, -0.25) is 5.43 Å². The Morgan fingerprint density at radius 2 is 2.00 bits per heavy atom. The summed E-state index contributed by atoms with van der Waals surface area (Å²) < 4.78 is 4.62. The molecule has 5 nitrogen and oxygen atoms in total. The number of hydrazone groups is 1. The fourth-order valence-corrected chi connectivity index (χ4v) is 1.57. The van der Waals surface area contributed by atoms with Crippen LogP contribution in [0.4, 0.5) is 0 Å². The Balaban J connectivity index is 2.53. The molecule has 0 bridgehead atoms. The molecule has 0 saturated heterocycles. The Morgan fingerprint density at radius 1 is 1.37 bits per heavy atom. The molecular formula is C13H17N3O2S. The first-order chi connectivity index (χ1) is 9.02. The lowest BCUT2D eigenvalue weighted by Crippen LogP contribution is -2.36. The van der Waals surface area contributed by atoms with Crippen LogP contribution in [0.3, 0.4) is 0 Å². The van der Waals surface area contributed by atoms with E-state index in [1.165, 1.54) is 7.11 Å². The first kappa shape index (κ1) is 15.1. The lowest BCUT2D eigenvalue weighted by Gasteiger charge is -2.09. The highest BCUT2D eigenvalue weighted by Crippen LogP contribution is 2.03. The van der Waals surface area contributed by atoms with Gasteiger partial charge in [0.15, 0.2) is 5.11 Å². The van der Waals surface area contributed by atoms with Crippen LogP contribution >= 0.6 is 12.2 Å². The summed E-state index contributed by atoms with van der Waals surface area (Å²) >= 11 is 5.02. The highest BCUT2D eigenvalue weighted by molar-refractivity contribution is 7.80. The molecule has 0 saturated carbocycles. The molecule has 1 aromatic rings. The largest absolute Gasteiger partial charge is 0.465 e. The van der Waals surface area contributed by atoms with Gasteiger partial charge < -0.3 is 10.1 Å². The van der Waals surface area contributed by atoms with E-state index < -0.39 is 0 Å². The summed E-state index contributed by atoms with van der Waals surface area (Å²) in [5.41, 5.74) is 4.07. The van der Waals surface area contributed by atoms with Crippen molar-refractivity contribution in [3.05, 3.63) is 35.4 Å². The van der Waals surface area contributed by atoms with Crippen LogP contribution in [0, 0.1) is 0 Å². The molecule has 0 fully saturated rings. The number of esters is 1. The number of nitrogens with one attached hydrogen (secondary N) is 2. The molecule has 0 spiro atoms. The van der Waals surface area contributed by atoms with Gasteiger partial charge in [-0.15, -0.1) is 0 Å². The quantitative estimate of drug-likeness (QED) is 0.380. The minimum Gasteiger partial charge on any atom is -0.465 e. The zero-order chi connectivity index (χ0) is 14.3. The lowest BCUT2D eigenvalue weighted by atomic mass is 10.1. The van der Waals surface area contributed by atoms with E-state index in [0.717, 1.165) is 5.56 Å². The first-order valence-electron chi connectivity index (χ1n) is 5.81. The molecule has 0 unspecified atom stereocenters. The van der Waals surface area contributed by atoms with Gasteiger partial charge in [0.2, 0.25) is 0 Å². The smallest absolute Gasteiger partial charge is 0.337 e. The number of hydrogen-bond acceptors (Lipinski definition) is 4. The van der Waals surface area contributed by atoms with Gasteiger partial charge in [-0.25, -0.2) is 4.79 Å². The van der Waals surface area contributed by atoms with Gasteiger partial charge in [-0.1, -0.05) is 12.1 Å². The summed E-state index contributed by atoms with van der Waals surface area (Å²) in [4.78, 5) is 11.2. The van der Waals surface area contributed by atoms with Gasteiger partial charge in [0.05, 0.1) is 18.9 Å². The Kier molecular flexibility index (Phi) is 5.95. The van der Waals surface area contributed by atoms with Crippen LogP contribution in [0.1, 0.15) is 29.8 Å². The molecule has 6 heteroatoms.